The lowest BCUT2D eigenvalue weighted by Crippen LogP contribution is -2.59. The molecule has 23 heavy (non-hydrogen) atoms. The smallest absolute Gasteiger partial charge is 0.309 e. The van der Waals surface area contributed by atoms with E-state index in [1.54, 1.807) is 0 Å². The van der Waals surface area contributed by atoms with Gasteiger partial charge in [-0.25, -0.2) is 0 Å². The van der Waals surface area contributed by atoms with Gasteiger partial charge in [0, 0.05) is 12.0 Å². The lowest BCUT2D eigenvalue weighted by Gasteiger charge is -2.63. The van der Waals surface area contributed by atoms with Crippen LogP contribution in [-0.2, 0) is 9.53 Å². The fourth-order valence-electron chi connectivity index (χ4n) is 7.47. The highest BCUT2D eigenvalue weighted by Crippen LogP contribution is 2.70. The van der Waals surface area contributed by atoms with Crippen LogP contribution in [0.4, 0.5) is 0 Å². The van der Waals surface area contributed by atoms with Gasteiger partial charge in [0.1, 0.15) is 6.10 Å². The summed E-state index contributed by atoms with van der Waals surface area (Å²) < 4.78 is 5.91. The van der Waals surface area contributed by atoms with Crippen LogP contribution < -0.4 is 0 Å². The van der Waals surface area contributed by atoms with Crippen LogP contribution in [0.3, 0.4) is 0 Å². The van der Waals surface area contributed by atoms with Gasteiger partial charge >= 0.3 is 5.97 Å². The van der Waals surface area contributed by atoms with E-state index in [-0.39, 0.29) is 23.4 Å². The van der Waals surface area contributed by atoms with Crippen LogP contribution in [0.1, 0.15) is 65.7 Å². The van der Waals surface area contributed by atoms with Gasteiger partial charge in [-0.15, -0.1) is 0 Å². The number of carbonyl (C=O) groups excluding carboxylic acids is 1. The fraction of sp³-hybridized carbons (Fsp3) is 0.950. The van der Waals surface area contributed by atoms with Crippen LogP contribution >= 0.6 is 0 Å². The number of ether oxygens (including phenoxy) is 1. The Kier molecular flexibility index (Phi) is 3.61. The molecular weight excluding hydrogens is 288 g/mol. The van der Waals surface area contributed by atoms with Gasteiger partial charge in [0.25, 0.3) is 0 Å². The minimum Gasteiger partial charge on any atom is -0.462 e. The van der Waals surface area contributed by atoms with Gasteiger partial charge in [0.15, 0.2) is 0 Å². The van der Waals surface area contributed by atoms with Crippen molar-refractivity contribution in [1.29, 1.82) is 0 Å². The summed E-state index contributed by atoms with van der Waals surface area (Å²) in [5, 5.41) is 9.37. The molecule has 8 atom stereocenters. The van der Waals surface area contributed by atoms with E-state index in [4.69, 9.17) is 4.74 Å². The maximum atomic E-state index is 12.3. The van der Waals surface area contributed by atoms with Crippen LogP contribution in [0, 0.1) is 40.4 Å². The zero-order valence-corrected chi connectivity index (χ0v) is 14.9. The Bertz CT molecular complexity index is 503. The van der Waals surface area contributed by atoms with E-state index in [2.05, 4.69) is 20.8 Å². The first-order valence-electron chi connectivity index (χ1n) is 9.72. The molecular formula is C20H32O3. The van der Waals surface area contributed by atoms with E-state index in [9.17, 15) is 9.90 Å². The Morgan fingerprint density at radius 3 is 2.78 bits per heavy atom. The van der Waals surface area contributed by atoms with Crippen molar-refractivity contribution in [3.05, 3.63) is 0 Å². The van der Waals surface area contributed by atoms with Crippen molar-refractivity contribution in [1.82, 2.24) is 0 Å². The minimum absolute atomic E-state index is 0.0807. The molecule has 130 valence electrons. The lowest BCUT2D eigenvalue weighted by molar-refractivity contribution is -0.200. The zero-order valence-electron chi connectivity index (χ0n) is 14.9. The van der Waals surface area contributed by atoms with Crippen molar-refractivity contribution in [3.8, 4) is 0 Å². The van der Waals surface area contributed by atoms with Gasteiger partial charge in [-0.05, 0) is 67.6 Å². The maximum absolute atomic E-state index is 12.3. The number of rotatable bonds is 3. The quantitative estimate of drug-likeness (QED) is 0.805. The molecule has 1 saturated heterocycles. The maximum Gasteiger partial charge on any atom is 0.309 e. The summed E-state index contributed by atoms with van der Waals surface area (Å²) >= 11 is 0. The Hall–Kier alpha value is -0.570. The van der Waals surface area contributed by atoms with Crippen molar-refractivity contribution in [2.75, 3.05) is 6.61 Å². The zero-order chi connectivity index (χ0) is 16.4. The molecule has 0 aromatic carbocycles. The summed E-state index contributed by atoms with van der Waals surface area (Å²) in [5.41, 5.74) is 0.513. The third-order valence-corrected chi connectivity index (χ3v) is 8.59. The molecule has 3 aliphatic carbocycles. The number of aliphatic hydroxyl groups is 1. The summed E-state index contributed by atoms with van der Waals surface area (Å²) in [6.45, 7) is 7.66. The first-order valence-corrected chi connectivity index (χ1v) is 9.72. The first kappa shape index (κ1) is 15.9. The molecule has 0 amide bonds. The van der Waals surface area contributed by atoms with Crippen LogP contribution in [0.5, 0.6) is 0 Å². The summed E-state index contributed by atoms with van der Waals surface area (Å²) in [5.74, 6) is 2.95. The Morgan fingerprint density at radius 1 is 1.26 bits per heavy atom. The van der Waals surface area contributed by atoms with Gasteiger partial charge < -0.3 is 9.84 Å². The van der Waals surface area contributed by atoms with Crippen LogP contribution in [0.25, 0.3) is 0 Å². The topological polar surface area (TPSA) is 46.5 Å². The first-order chi connectivity index (χ1) is 10.9. The van der Waals surface area contributed by atoms with E-state index in [0.717, 1.165) is 38.0 Å². The molecule has 0 unspecified atom stereocenters. The van der Waals surface area contributed by atoms with Gasteiger partial charge in [-0.2, -0.15) is 0 Å². The molecule has 3 saturated carbocycles. The molecule has 4 rings (SSSR count). The molecule has 3 nitrogen and oxygen atoms in total. The van der Waals surface area contributed by atoms with E-state index >= 15 is 0 Å². The summed E-state index contributed by atoms with van der Waals surface area (Å²) in [6.07, 6.45) is 7.96. The molecule has 2 bridgehead atoms. The molecule has 1 N–H and O–H groups in total. The highest BCUT2D eigenvalue weighted by molar-refractivity contribution is 5.74. The molecule has 1 heterocycles. The monoisotopic (exact) mass is 320 g/mol. The standard InChI is InChI=1S/C20H32O3/c1-12-6-7-14-10-17-19(2)11-13(18(22)23-17)9-16(19)20(14,3)15(12)5-4-8-21/h12-17,21H,4-11H2,1-3H3/t12-,13-,14+,15+,16+,17+,19-,20+/m1/s1. The molecule has 0 aromatic heterocycles. The van der Waals surface area contributed by atoms with Crippen LogP contribution in [0.2, 0.25) is 0 Å². The fourth-order valence-corrected chi connectivity index (χ4v) is 7.47. The third-order valence-electron chi connectivity index (χ3n) is 8.59. The molecule has 0 radical (unpaired) electrons. The van der Waals surface area contributed by atoms with Crippen molar-refractivity contribution in [2.24, 2.45) is 40.4 Å². The third kappa shape index (κ3) is 2.01. The van der Waals surface area contributed by atoms with Gasteiger partial charge in [-0.3, -0.25) is 4.79 Å². The normalized spacial score (nSPS) is 54.5. The second-order valence-corrected chi connectivity index (χ2v) is 9.45. The molecule has 0 aromatic rings. The molecule has 4 fully saturated rings. The largest absolute Gasteiger partial charge is 0.462 e. The second-order valence-electron chi connectivity index (χ2n) is 9.45. The second kappa shape index (κ2) is 5.21. The summed E-state index contributed by atoms with van der Waals surface area (Å²) in [6, 6.07) is 0. The predicted molar refractivity (Wildman–Crippen MR) is 88.6 cm³/mol. The predicted octanol–water partition coefficient (Wildman–Crippen LogP) is 3.79. The van der Waals surface area contributed by atoms with Crippen molar-refractivity contribution >= 4 is 5.97 Å². The average molecular weight is 320 g/mol. The Morgan fingerprint density at radius 2 is 2.04 bits per heavy atom. The van der Waals surface area contributed by atoms with Crippen LogP contribution in [0.15, 0.2) is 0 Å². The van der Waals surface area contributed by atoms with Gasteiger partial charge in [0.2, 0.25) is 0 Å². The number of fused-ring (bicyclic) bond motifs is 3. The van der Waals surface area contributed by atoms with Gasteiger partial charge in [-0.1, -0.05) is 27.2 Å². The molecule has 3 heteroatoms. The number of hydrogen-bond acceptors (Lipinski definition) is 3. The van der Waals surface area contributed by atoms with Crippen molar-refractivity contribution in [2.45, 2.75) is 71.8 Å². The molecule has 4 aliphatic rings. The van der Waals surface area contributed by atoms with E-state index in [1.165, 1.54) is 12.8 Å². The average Bonchev–Trinajstić information content (AvgIpc) is 2.85. The van der Waals surface area contributed by atoms with E-state index in [0.29, 0.717) is 29.8 Å². The number of aliphatic hydroxyl groups excluding tert-OH is 1. The SMILES string of the molecule is C[C@@H]1CC[C@H]2C[C@@H]3OC(=O)[C@@H]4C[C@@H]([C@@]3(C)C4)[C@]2(C)[C@H]1CCCO. The highest BCUT2D eigenvalue weighted by Gasteiger charge is 2.68. The Balaban J connectivity index is 1.73. The van der Waals surface area contributed by atoms with E-state index in [1.807, 2.05) is 0 Å². The van der Waals surface area contributed by atoms with Gasteiger partial charge in [0.05, 0.1) is 5.92 Å². The molecule has 1 aliphatic heterocycles. The Labute approximate surface area is 140 Å². The lowest BCUT2D eigenvalue weighted by atomic mass is 9.43. The highest BCUT2D eigenvalue weighted by atomic mass is 16.5. The number of hydrogen-bond donors (Lipinski definition) is 1. The minimum atomic E-state index is 0.0807. The van der Waals surface area contributed by atoms with E-state index < -0.39 is 0 Å². The number of esters is 1. The summed E-state index contributed by atoms with van der Waals surface area (Å²) in [4.78, 5) is 12.3. The summed E-state index contributed by atoms with van der Waals surface area (Å²) in [7, 11) is 0. The number of carbonyl (C=O) groups is 1. The molecule has 0 spiro atoms. The van der Waals surface area contributed by atoms with Crippen molar-refractivity contribution in [3.63, 3.8) is 0 Å². The van der Waals surface area contributed by atoms with Crippen molar-refractivity contribution < 1.29 is 14.6 Å². The van der Waals surface area contributed by atoms with Crippen LogP contribution in [-0.4, -0.2) is 23.8 Å².